The fraction of sp³-hybridized carbons (Fsp3) is 0.143. The molecule has 7 heteroatoms. The van der Waals surface area contributed by atoms with Gasteiger partial charge in [-0.25, -0.2) is 4.39 Å². The van der Waals surface area contributed by atoms with Crippen LogP contribution in [0.1, 0.15) is 21.6 Å². The van der Waals surface area contributed by atoms with Crippen LogP contribution in [0.15, 0.2) is 41.0 Å². The van der Waals surface area contributed by atoms with Crippen LogP contribution < -0.4 is 0 Å². The third-order valence-electron chi connectivity index (χ3n) is 2.66. The number of nitrogens with zero attached hydrogens (tertiary/aromatic N) is 1. The molecule has 0 spiro atoms. The molecule has 1 aromatic carbocycles. The quantitative estimate of drug-likeness (QED) is 0.598. The van der Waals surface area contributed by atoms with Crippen molar-refractivity contribution < 1.29 is 22.4 Å². The van der Waals surface area contributed by atoms with Crippen molar-refractivity contribution in [2.24, 2.45) is 0 Å². The molecule has 2 nitrogen and oxygen atoms in total. The highest BCUT2D eigenvalue weighted by atomic mass is 79.9. The Balaban J connectivity index is 2.17. The minimum Gasteiger partial charge on any atom is -0.292 e. The zero-order valence-corrected chi connectivity index (χ0v) is 12.0. The first kappa shape index (κ1) is 15.6. The van der Waals surface area contributed by atoms with E-state index >= 15 is 0 Å². The number of aromatic nitrogens is 1. The molecule has 0 fully saturated rings. The highest BCUT2D eigenvalue weighted by Gasteiger charge is 2.30. The number of pyridine rings is 1. The van der Waals surface area contributed by atoms with Gasteiger partial charge in [0.15, 0.2) is 5.78 Å². The molecule has 0 amide bonds. The number of carbonyl (C=O) groups excluding carboxylic acids is 1. The molecular formula is C14H8BrF4NO. The van der Waals surface area contributed by atoms with Crippen molar-refractivity contribution in [1.82, 2.24) is 4.98 Å². The van der Waals surface area contributed by atoms with Crippen LogP contribution in [0, 0.1) is 5.82 Å². The number of benzene rings is 1. The predicted molar refractivity (Wildman–Crippen MR) is 71.4 cm³/mol. The number of carbonyl (C=O) groups is 1. The topological polar surface area (TPSA) is 30.0 Å². The maximum absolute atomic E-state index is 13.2. The van der Waals surface area contributed by atoms with E-state index in [1.165, 1.54) is 12.1 Å². The number of ketones is 1. The second kappa shape index (κ2) is 5.93. The van der Waals surface area contributed by atoms with Crippen LogP contribution in [0.25, 0.3) is 0 Å². The molecule has 110 valence electrons. The number of alkyl halides is 3. The Morgan fingerprint density at radius 2 is 1.90 bits per heavy atom. The smallest absolute Gasteiger partial charge is 0.292 e. The lowest BCUT2D eigenvalue weighted by atomic mass is 10.1. The summed E-state index contributed by atoms with van der Waals surface area (Å²) >= 11 is 3.10. The van der Waals surface area contributed by atoms with Gasteiger partial charge < -0.3 is 0 Å². The summed E-state index contributed by atoms with van der Waals surface area (Å²) in [5.74, 6) is -0.992. The van der Waals surface area contributed by atoms with Gasteiger partial charge in [0.05, 0.1) is 5.56 Å². The summed E-state index contributed by atoms with van der Waals surface area (Å²) in [5.41, 5.74) is -0.607. The van der Waals surface area contributed by atoms with Gasteiger partial charge in [-0.3, -0.25) is 9.78 Å². The monoisotopic (exact) mass is 361 g/mol. The summed E-state index contributed by atoms with van der Waals surface area (Å²) in [6.07, 6.45) is -4.04. The Morgan fingerprint density at radius 3 is 2.43 bits per heavy atom. The molecule has 0 aliphatic carbocycles. The van der Waals surface area contributed by atoms with Crippen LogP contribution in [0.4, 0.5) is 17.6 Å². The number of hydrogen-bond acceptors (Lipinski definition) is 2. The molecular weight excluding hydrogens is 354 g/mol. The predicted octanol–water partition coefficient (Wildman–Crippen LogP) is 4.43. The van der Waals surface area contributed by atoms with Crippen molar-refractivity contribution in [2.45, 2.75) is 12.6 Å². The van der Waals surface area contributed by atoms with Crippen molar-refractivity contribution >= 4 is 21.7 Å². The van der Waals surface area contributed by atoms with Crippen LogP contribution >= 0.6 is 15.9 Å². The first-order valence-corrected chi connectivity index (χ1v) is 6.56. The lowest BCUT2D eigenvalue weighted by Gasteiger charge is -2.07. The molecule has 0 atom stereocenters. The third kappa shape index (κ3) is 4.10. The lowest BCUT2D eigenvalue weighted by Crippen LogP contribution is -2.10. The zero-order chi connectivity index (χ0) is 15.6. The van der Waals surface area contributed by atoms with E-state index in [0.717, 1.165) is 12.1 Å². The third-order valence-corrected chi connectivity index (χ3v) is 3.12. The minimum atomic E-state index is -4.50. The normalized spacial score (nSPS) is 11.5. The Bertz CT molecular complexity index is 647. The number of halogens is 5. The van der Waals surface area contributed by atoms with Crippen molar-refractivity contribution in [2.75, 3.05) is 0 Å². The van der Waals surface area contributed by atoms with Gasteiger partial charge in [0, 0.05) is 17.1 Å². The summed E-state index contributed by atoms with van der Waals surface area (Å²) in [6.45, 7) is 0. The summed E-state index contributed by atoms with van der Waals surface area (Å²) in [4.78, 5) is 15.4. The Morgan fingerprint density at radius 1 is 1.19 bits per heavy atom. The highest BCUT2D eigenvalue weighted by molar-refractivity contribution is 9.10. The second-order valence-electron chi connectivity index (χ2n) is 4.31. The van der Waals surface area contributed by atoms with Gasteiger partial charge in [0.2, 0.25) is 0 Å². The summed E-state index contributed by atoms with van der Waals surface area (Å²) in [5, 5.41) is 0. The van der Waals surface area contributed by atoms with Crippen LogP contribution in [0.2, 0.25) is 0 Å². The summed E-state index contributed by atoms with van der Waals surface area (Å²) in [6, 6.07) is 5.80. The van der Waals surface area contributed by atoms with Gasteiger partial charge in [-0.1, -0.05) is 15.9 Å². The molecule has 21 heavy (non-hydrogen) atoms. The SMILES string of the molecule is O=C(Cc1cc(F)cc(Br)c1)c1ccc(C(F)(F)F)cn1. The maximum Gasteiger partial charge on any atom is 0.417 e. The van der Waals surface area contributed by atoms with Gasteiger partial charge in [-0.15, -0.1) is 0 Å². The van der Waals surface area contributed by atoms with Crippen molar-refractivity contribution in [3.63, 3.8) is 0 Å². The molecule has 2 rings (SSSR count). The van der Waals surface area contributed by atoms with E-state index in [2.05, 4.69) is 20.9 Å². The van der Waals surface area contributed by atoms with E-state index < -0.39 is 23.3 Å². The van der Waals surface area contributed by atoms with E-state index in [4.69, 9.17) is 0 Å². The first-order valence-electron chi connectivity index (χ1n) is 5.77. The number of hydrogen-bond donors (Lipinski definition) is 0. The van der Waals surface area contributed by atoms with Crippen molar-refractivity contribution in [1.29, 1.82) is 0 Å². The van der Waals surface area contributed by atoms with E-state index in [1.54, 1.807) is 6.07 Å². The molecule has 1 aromatic heterocycles. The van der Waals surface area contributed by atoms with E-state index in [-0.39, 0.29) is 12.1 Å². The van der Waals surface area contributed by atoms with Gasteiger partial charge in [0.1, 0.15) is 11.5 Å². The lowest BCUT2D eigenvalue weighted by molar-refractivity contribution is -0.137. The van der Waals surface area contributed by atoms with Crippen LogP contribution in [0.5, 0.6) is 0 Å². The molecule has 0 aliphatic heterocycles. The maximum atomic E-state index is 13.2. The molecule has 0 unspecified atom stereocenters. The summed E-state index contributed by atoms with van der Waals surface area (Å²) < 4.78 is 50.8. The Hall–Kier alpha value is -1.76. The Kier molecular flexibility index (Phi) is 4.41. The van der Waals surface area contributed by atoms with Crippen molar-refractivity contribution in [3.8, 4) is 0 Å². The average Bonchev–Trinajstić information content (AvgIpc) is 2.36. The highest BCUT2D eigenvalue weighted by Crippen LogP contribution is 2.28. The van der Waals surface area contributed by atoms with Gasteiger partial charge >= 0.3 is 6.18 Å². The van der Waals surface area contributed by atoms with Crippen LogP contribution in [0.3, 0.4) is 0 Å². The van der Waals surface area contributed by atoms with Gasteiger partial charge in [-0.2, -0.15) is 13.2 Å². The molecule has 2 aromatic rings. The minimum absolute atomic E-state index is 0.0941. The van der Waals surface area contributed by atoms with Gasteiger partial charge in [-0.05, 0) is 35.9 Å². The largest absolute Gasteiger partial charge is 0.417 e. The standard InChI is InChI=1S/C14H8BrF4NO/c15-10-3-8(4-11(16)6-10)5-13(21)12-2-1-9(7-20-12)14(17,18)19/h1-4,6-7H,5H2. The molecule has 0 N–H and O–H groups in total. The molecule has 1 heterocycles. The number of Topliss-reactive ketones (excluding diaryl/α,β-unsaturated/α-hetero) is 1. The molecule has 0 radical (unpaired) electrons. The average molecular weight is 362 g/mol. The summed E-state index contributed by atoms with van der Waals surface area (Å²) in [7, 11) is 0. The van der Waals surface area contributed by atoms with E-state index in [1.807, 2.05) is 0 Å². The number of rotatable bonds is 3. The fourth-order valence-corrected chi connectivity index (χ4v) is 2.23. The molecule has 0 bridgehead atoms. The molecule has 0 saturated carbocycles. The van der Waals surface area contributed by atoms with E-state index in [9.17, 15) is 22.4 Å². The molecule has 0 aliphatic rings. The first-order chi connectivity index (χ1) is 9.75. The van der Waals surface area contributed by atoms with Crippen molar-refractivity contribution in [3.05, 3.63) is 63.6 Å². The molecule has 0 saturated heterocycles. The second-order valence-corrected chi connectivity index (χ2v) is 5.22. The van der Waals surface area contributed by atoms with E-state index in [0.29, 0.717) is 16.2 Å². The van der Waals surface area contributed by atoms with Crippen LogP contribution in [-0.4, -0.2) is 10.8 Å². The van der Waals surface area contributed by atoms with Crippen LogP contribution in [-0.2, 0) is 12.6 Å². The Labute approximate surface area is 125 Å². The van der Waals surface area contributed by atoms with Gasteiger partial charge in [0.25, 0.3) is 0 Å². The zero-order valence-electron chi connectivity index (χ0n) is 10.4. The fourth-order valence-electron chi connectivity index (χ4n) is 1.72.